The van der Waals surface area contributed by atoms with E-state index < -0.39 is 5.60 Å². The number of hydrogen-bond acceptors (Lipinski definition) is 4. The van der Waals surface area contributed by atoms with Crippen molar-refractivity contribution in [2.75, 3.05) is 40.0 Å². The largest absolute Gasteiger partial charge is 0.497 e. The average molecular weight is 384 g/mol. The first-order valence-electron chi connectivity index (χ1n) is 10.2. The van der Waals surface area contributed by atoms with Crippen LogP contribution in [0.4, 0.5) is 0 Å². The van der Waals surface area contributed by atoms with Crippen molar-refractivity contribution < 1.29 is 14.6 Å². The maximum atomic E-state index is 12.2. The molecule has 0 radical (unpaired) electrons. The molecule has 0 saturated carbocycles. The molecule has 0 aliphatic carbocycles. The highest BCUT2D eigenvalue weighted by Gasteiger charge is 2.41. The second kappa shape index (κ2) is 9.55. The number of morpholine rings is 1. The van der Waals surface area contributed by atoms with Crippen LogP contribution in [0.25, 0.3) is 0 Å². The minimum Gasteiger partial charge on any atom is -0.497 e. The molecule has 0 spiro atoms. The molecular formula is C24H33NO3. The van der Waals surface area contributed by atoms with E-state index in [0.717, 1.165) is 44.2 Å². The first kappa shape index (κ1) is 20.8. The fraction of sp³-hybridized carbons (Fsp3) is 0.500. The van der Waals surface area contributed by atoms with Crippen LogP contribution in [0.2, 0.25) is 0 Å². The SMILES string of the molecule is COc1ccc([C@](O)(CC(C)C)[C@@H](CN2CCOCC2)c2ccccc2)cc1. The minimum absolute atomic E-state index is 0.0254. The summed E-state index contributed by atoms with van der Waals surface area (Å²) in [5, 5.41) is 12.2. The van der Waals surface area contributed by atoms with Gasteiger partial charge in [-0.15, -0.1) is 0 Å². The molecule has 0 bridgehead atoms. The lowest BCUT2D eigenvalue weighted by Gasteiger charge is -2.42. The Hall–Kier alpha value is -1.88. The number of ether oxygens (including phenoxy) is 2. The Kier molecular flexibility index (Phi) is 7.11. The maximum absolute atomic E-state index is 12.2. The summed E-state index contributed by atoms with van der Waals surface area (Å²) in [6, 6.07) is 18.3. The second-order valence-corrected chi connectivity index (χ2v) is 8.13. The van der Waals surface area contributed by atoms with Gasteiger partial charge in [-0.25, -0.2) is 0 Å². The molecule has 1 N–H and O–H groups in total. The highest BCUT2D eigenvalue weighted by atomic mass is 16.5. The van der Waals surface area contributed by atoms with Gasteiger partial charge in [0.25, 0.3) is 0 Å². The Labute approximate surface area is 169 Å². The van der Waals surface area contributed by atoms with Gasteiger partial charge in [0.2, 0.25) is 0 Å². The molecule has 1 saturated heterocycles. The second-order valence-electron chi connectivity index (χ2n) is 8.13. The number of benzene rings is 2. The fourth-order valence-electron chi connectivity index (χ4n) is 4.22. The van der Waals surface area contributed by atoms with E-state index in [0.29, 0.717) is 12.3 Å². The molecular weight excluding hydrogens is 350 g/mol. The standard InChI is InChI=1S/C24H33NO3/c1-19(2)17-24(26,21-9-11-22(27-3)12-10-21)23(20-7-5-4-6-8-20)18-25-13-15-28-16-14-25/h4-12,19,23,26H,13-18H2,1-3H3/t23-,24+/m0/s1. The Morgan fingerprint density at radius 3 is 2.25 bits per heavy atom. The van der Waals surface area contributed by atoms with Crippen LogP contribution in [-0.2, 0) is 10.3 Å². The van der Waals surface area contributed by atoms with Crippen molar-refractivity contribution in [3.63, 3.8) is 0 Å². The van der Waals surface area contributed by atoms with Gasteiger partial charge in [0, 0.05) is 25.6 Å². The first-order valence-corrected chi connectivity index (χ1v) is 10.2. The van der Waals surface area contributed by atoms with Crippen molar-refractivity contribution in [2.45, 2.75) is 31.8 Å². The predicted molar refractivity (Wildman–Crippen MR) is 113 cm³/mol. The van der Waals surface area contributed by atoms with Crippen LogP contribution < -0.4 is 4.74 Å². The summed E-state index contributed by atoms with van der Waals surface area (Å²) in [7, 11) is 1.67. The molecule has 2 aromatic rings. The van der Waals surface area contributed by atoms with Crippen molar-refractivity contribution in [1.82, 2.24) is 4.90 Å². The van der Waals surface area contributed by atoms with Crippen LogP contribution in [0.15, 0.2) is 54.6 Å². The van der Waals surface area contributed by atoms with Gasteiger partial charge in [0.05, 0.1) is 25.9 Å². The van der Waals surface area contributed by atoms with E-state index in [2.05, 4.69) is 43.0 Å². The number of nitrogens with zero attached hydrogens (tertiary/aromatic N) is 1. The Balaban J connectivity index is 2.01. The zero-order valence-corrected chi connectivity index (χ0v) is 17.3. The van der Waals surface area contributed by atoms with E-state index in [1.54, 1.807) is 7.11 Å². The molecule has 0 amide bonds. The van der Waals surface area contributed by atoms with Crippen molar-refractivity contribution in [2.24, 2.45) is 5.92 Å². The third kappa shape index (κ3) is 4.93. The fourth-order valence-corrected chi connectivity index (χ4v) is 4.22. The average Bonchev–Trinajstić information content (AvgIpc) is 2.73. The van der Waals surface area contributed by atoms with Crippen LogP contribution in [0.1, 0.15) is 37.3 Å². The van der Waals surface area contributed by atoms with E-state index in [1.807, 2.05) is 30.3 Å². The highest BCUT2D eigenvalue weighted by molar-refractivity contribution is 5.35. The van der Waals surface area contributed by atoms with Gasteiger partial charge >= 0.3 is 0 Å². The summed E-state index contributed by atoms with van der Waals surface area (Å²) in [5.74, 6) is 1.14. The lowest BCUT2D eigenvalue weighted by molar-refractivity contribution is -0.0356. The molecule has 28 heavy (non-hydrogen) atoms. The third-order valence-electron chi connectivity index (χ3n) is 5.63. The van der Waals surface area contributed by atoms with Crippen molar-refractivity contribution >= 4 is 0 Å². The molecule has 1 aliphatic rings. The summed E-state index contributed by atoms with van der Waals surface area (Å²) in [5.41, 5.74) is 1.16. The minimum atomic E-state index is -0.958. The quantitative estimate of drug-likeness (QED) is 0.747. The Bertz CT molecular complexity index is 710. The molecule has 1 aliphatic heterocycles. The molecule has 1 heterocycles. The Morgan fingerprint density at radius 2 is 1.68 bits per heavy atom. The molecule has 1 fully saturated rings. The van der Waals surface area contributed by atoms with E-state index in [9.17, 15) is 5.11 Å². The summed E-state index contributed by atoms with van der Waals surface area (Å²) in [6.45, 7) is 8.48. The molecule has 2 aromatic carbocycles. The molecule has 2 atom stereocenters. The van der Waals surface area contributed by atoms with Crippen molar-refractivity contribution in [3.8, 4) is 5.75 Å². The number of rotatable bonds is 8. The zero-order chi connectivity index (χ0) is 20.0. The Morgan fingerprint density at radius 1 is 1.04 bits per heavy atom. The van der Waals surface area contributed by atoms with E-state index in [-0.39, 0.29) is 5.92 Å². The molecule has 4 heteroatoms. The molecule has 4 nitrogen and oxygen atoms in total. The predicted octanol–water partition coefficient (Wildman–Crippen LogP) is 4.04. The number of hydrogen-bond donors (Lipinski definition) is 1. The lowest BCUT2D eigenvalue weighted by Crippen LogP contribution is -2.45. The van der Waals surface area contributed by atoms with Gasteiger partial charge in [0.15, 0.2) is 0 Å². The van der Waals surface area contributed by atoms with Gasteiger partial charge in [-0.3, -0.25) is 4.90 Å². The summed E-state index contributed by atoms with van der Waals surface area (Å²) in [4.78, 5) is 2.41. The lowest BCUT2D eigenvalue weighted by atomic mass is 9.72. The van der Waals surface area contributed by atoms with E-state index in [1.165, 1.54) is 5.56 Å². The van der Waals surface area contributed by atoms with Crippen molar-refractivity contribution in [3.05, 3.63) is 65.7 Å². The molecule has 3 rings (SSSR count). The molecule has 0 unspecified atom stereocenters. The van der Waals surface area contributed by atoms with Crippen LogP contribution in [-0.4, -0.2) is 50.0 Å². The van der Waals surface area contributed by atoms with Crippen LogP contribution in [0.5, 0.6) is 5.75 Å². The number of methoxy groups -OCH3 is 1. The monoisotopic (exact) mass is 383 g/mol. The maximum Gasteiger partial charge on any atom is 0.118 e. The van der Waals surface area contributed by atoms with Gasteiger partial charge in [-0.05, 0) is 35.6 Å². The van der Waals surface area contributed by atoms with Gasteiger partial charge in [0.1, 0.15) is 5.75 Å². The zero-order valence-electron chi connectivity index (χ0n) is 17.3. The van der Waals surface area contributed by atoms with Crippen LogP contribution >= 0.6 is 0 Å². The van der Waals surface area contributed by atoms with Crippen molar-refractivity contribution in [1.29, 1.82) is 0 Å². The molecule has 0 aromatic heterocycles. The van der Waals surface area contributed by atoms with Gasteiger partial charge in [-0.1, -0.05) is 56.3 Å². The molecule has 152 valence electrons. The topological polar surface area (TPSA) is 41.9 Å². The van der Waals surface area contributed by atoms with E-state index >= 15 is 0 Å². The van der Waals surface area contributed by atoms with Gasteiger partial charge < -0.3 is 14.6 Å². The van der Waals surface area contributed by atoms with Gasteiger partial charge in [-0.2, -0.15) is 0 Å². The van der Waals surface area contributed by atoms with Crippen LogP contribution in [0.3, 0.4) is 0 Å². The third-order valence-corrected chi connectivity index (χ3v) is 5.63. The first-order chi connectivity index (χ1) is 13.5. The smallest absolute Gasteiger partial charge is 0.118 e. The summed E-state index contributed by atoms with van der Waals surface area (Å²) < 4.78 is 10.9. The van der Waals surface area contributed by atoms with E-state index in [4.69, 9.17) is 9.47 Å². The number of aliphatic hydroxyl groups is 1. The summed E-state index contributed by atoms with van der Waals surface area (Å²) >= 11 is 0. The highest BCUT2D eigenvalue weighted by Crippen LogP contribution is 2.43. The normalized spacial score (nSPS) is 18.6. The van der Waals surface area contributed by atoms with Crippen LogP contribution in [0, 0.1) is 5.92 Å². The summed E-state index contributed by atoms with van der Waals surface area (Å²) in [6.07, 6.45) is 0.698.